The lowest BCUT2D eigenvalue weighted by atomic mass is 9.83. The maximum Gasteiger partial charge on any atom is 0.192 e. The molecular formula is C27H44O4Si. The average Bonchev–Trinajstić information content (AvgIpc) is 3.01. The topological polar surface area (TPSA) is 47.9 Å². The predicted octanol–water partition coefficient (Wildman–Crippen LogP) is 6.76. The second-order valence-electron chi connectivity index (χ2n) is 11.1. The summed E-state index contributed by atoms with van der Waals surface area (Å²) in [5.41, 5.74) is 0.0472. The van der Waals surface area contributed by atoms with Gasteiger partial charge in [0.05, 0.1) is 13.2 Å². The van der Waals surface area contributed by atoms with Crippen LogP contribution >= 0.6 is 0 Å². The van der Waals surface area contributed by atoms with E-state index in [9.17, 15) is 5.11 Å². The Labute approximate surface area is 196 Å². The molecule has 4 nitrogen and oxygen atoms in total. The van der Waals surface area contributed by atoms with E-state index in [4.69, 9.17) is 13.9 Å². The van der Waals surface area contributed by atoms with E-state index in [2.05, 4.69) is 60.7 Å². The Bertz CT molecular complexity index is 789. The average molecular weight is 461 g/mol. The van der Waals surface area contributed by atoms with Crippen LogP contribution in [-0.4, -0.2) is 38.8 Å². The van der Waals surface area contributed by atoms with Gasteiger partial charge in [-0.25, -0.2) is 0 Å². The smallest absolute Gasteiger partial charge is 0.192 e. The van der Waals surface area contributed by atoms with Gasteiger partial charge in [-0.15, -0.1) is 0 Å². The summed E-state index contributed by atoms with van der Waals surface area (Å²) in [6.07, 6.45) is 8.18. The number of hydrogen-bond donors (Lipinski definition) is 1. The molecule has 1 aliphatic rings. The first-order valence-electron chi connectivity index (χ1n) is 11.8. The molecule has 2 rings (SSSR count). The Morgan fingerprint density at radius 1 is 1.16 bits per heavy atom. The van der Waals surface area contributed by atoms with E-state index in [-0.39, 0.29) is 23.7 Å². The van der Waals surface area contributed by atoms with Crippen LogP contribution in [0.5, 0.6) is 11.5 Å². The van der Waals surface area contributed by atoms with E-state index in [1.165, 1.54) is 5.57 Å². The lowest BCUT2D eigenvalue weighted by molar-refractivity contribution is -0.0189. The molecule has 0 spiro atoms. The Morgan fingerprint density at radius 2 is 1.75 bits per heavy atom. The van der Waals surface area contributed by atoms with Crippen LogP contribution in [0.15, 0.2) is 48.1 Å². The monoisotopic (exact) mass is 460 g/mol. The van der Waals surface area contributed by atoms with Crippen molar-refractivity contribution in [3.05, 3.63) is 48.1 Å². The SMILES string of the molecule is COc1ccc(OC[C@@]2(O)C=C[C@@H](O[Si](C)(C)C(C)(C)C)[C@@H]2/C(C)=C/CCC(C)C)cc1. The standard InChI is InChI=1S/C27H44O4Si/c1-20(2)11-10-12-21(3)25-24(31-32(8,9)26(4,5)6)17-18-27(25,28)19-30-23-15-13-22(29-7)14-16-23/h12-18,20,24-25,28H,10-11,19H2,1-9H3/b21-12+/t24-,25+,27+/m1/s1. The molecule has 1 aliphatic carbocycles. The highest BCUT2D eigenvalue weighted by molar-refractivity contribution is 6.74. The highest BCUT2D eigenvalue weighted by Crippen LogP contribution is 2.43. The molecule has 0 amide bonds. The summed E-state index contributed by atoms with van der Waals surface area (Å²) >= 11 is 0. The van der Waals surface area contributed by atoms with Gasteiger partial charge in [0.25, 0.3) is 0 Å². The second-order valence-corrected chi connectivity index (χ2v) is 15.8. The molecule has 0 saturated heterocycles. The molecule has 180 valence electrons. The normalized spacial score (nSPS) is 24.3. The molecule has 0 unspecified atom stereocenters. The molecule has 1 aromatic rings. The van der Waals surface area contributed by atoms with Crippen LogP contribution in [-0.2, 0) is 4.43 Å². The highest BCUT2D eigenvalue weighted by atomic mass is 28.4. The van der Waals surface area contributed by atoms with Gasteiger partial charge >= 0.3 is 0 Å². The quantitative estimate of drug-likeness (QED) is 0.309. The fraction of sp³-hybridized carbons (Fsp3) is 0.630. The second kappa shape index (κ2) is 10.6. The third-order valence-electron chi connectivity index (χ3n) is 6.91. The summed E-state index contributed by atoms with van der Waals surface area (Å²) in [5.74, 6) is 1.97. The fourth-order valence-corrected chi connectivity index (χ4v) is 5.07. The van der Waals surface area contributed by atoms with Gasteiger partial charge in [0.15, 0.2) is 8.32 Å². The van der Waals surface area contributed by atoms with Gasteiger partial charge < -0.3 is 19.0 Å². The molecule has 0 saturated carbocycles. The highest BCUT2D eigenvalue weighted by Gasteiger charge is 2.49. The van der Waals surface area contributed by atoms with E-state index < -0.39 is 13.9 Å². The van der Waals surface area contributed by atoms with Crippen molar-refractivity contribution in [2.24, 2.45) is 11.8 Å². The van der Waals surface area contributed by atoms with Crippen molar-refractivity contribution in [3.63, 3.8) is 0 Å². The molecule has 1 N–H and O–H groups in total. The molecule has 0 heterocycles. The van der Waals surface area contributed by atoms with Crippen molar-refractivity contribution in [3.8, 4) is 11.5 Å². The first-order chi connectivity index (χ1) is 14.8. The Kier molecular flexibility index (Phi) is 8.82. The van der Waals surface area contributed by atoms with Crippen LogP contribution in [0.25, 0.3) is 0 Å². The van der Waals surface area contributed by atoms with Gasteiger partial charge in [0.2, 0.25) is 0 Å². The Hall–Kier alpha value is -1.56. The Balaban J connectivity index is 2.25. The largest absolute Gasteiger partial charge is 0.497 e. The molecule has 3 atom stereocenters. The fourth-order valence-electron chi connectivity index (χ4n) is 3.82. The van der Waals surface area contributed by atoms with Crippen LogP contribution < -0.4 is 9.47 Å². The van der Waals surface area contributed by atoms with Crippen LogP contribution in [0.2, 0.25) is 18.1 Å². The molecular weight excluding hydrogens is 416 g/mol. The van der Waals surface area contributed by atoms with Crippen molar-refractivity contribution in [1.82, 2.24) is 0 Å². The zero-order valence-electron chi connectivity index (χ0n) is 21.6. The zero-order valence-corrected chi connectivity index (χ0v) is 22.6. The number of aliphatic hydroxyl groups is 1. The van der Waals surface area contributed by atoms with Crippen molar-refractivity contribution >= 4 is 8.32 Å². The van der Waals surface area contributed by atoms with Gasteiger partial charge in [0, 0.05) is 5.92 Å². The first kappa shape index (κ1) is 26.7. The molecule has 0 radical (unpaired) electrons. The van der Waals surface area contributed by atoms with Crippen molar-refractivity contribution < 1.29 is 19.0 Å². The molecule has 0 aromatic heterocycles. The summed E-state index contributed by atoms with van der Waals surface area (Å²) in [6, 6.07) is 7.46. The molecule has 5 heteroatoms. The van der Waals surface area contributed by atoms with Crippen LogP contribution in [0.3, 0.4) is 0 Å². The number of hydrogen-bond acceptors (Lipinski definition) is 4. The van der Waals surface area contributed by atoms with Crippen LogP contribution in [0, 0.1) is 11.8 Å². The third-order valence-corrected chi connectivity index (χ3v) is 11.4. The number of benzene rings is 1. The zero-order chi connectivity index (χ0) is 24.2. The lowest BCUT2D eigenvalue weighted by Gasteiger charge is -2.41. The third kappa shape index (κ3) is 6.72. The Morgan fingerprint density at radius 3 is 2.28 bits per heavy atom. The molecule has 32 heavy (non-hydrogen) atoms. The molecule has 0 fully saturated rings. The van der Waals surface area contributed by atoms with E-state index in [1.807, 2.05) is 36.4 Å². The van der Waals surface area contributed by atoms with Gasteiger partial charge in [-0.1, -0.05) is 58.4 Å². The summed E-state index contributed by atoms with van der Waals surface area (Å²) in [7, 11) is -0.369. The number of methoxy groups -OCH3 is 1. The first-order valence-corrected chi connectivity index (χ1v) is 14.7. The summed E-state index contributed by atoms with van der Waals surface area (Å²) in [4.78, 5) is 0. The maximum atomic E-state index is 11.7. The van der Waals surface area contributed by atoms with Gasteiger partial charge in [-0.2, -0.15) is 0 Å². The minimum atomic E-state index is -2.01. The summed E-state index contributed by atoms with van der Waals surface area (Å²) in [5, 5.41) is 11.8. The molecule has 0 aliphatic heterocycles. The van der Waals surface area contributed by atoms with Crippen LogP contribution in [0.4, 0.5) is 0 Å². The number of rotatable bonds is 10. The number of allylic oxidation sites excluding steroid dienone is 1. The molecule has 0 bridgehead atoms. The predicted molar refractivity (Wildman–Crippen MR) is 136 cm³/mol. The van der Waals surface area contributed by atoms with E-state index in [0.717, 1.165) is 18.6 Å². The lowest BCUT2D eigenvalue weighted by Crippen LogP contribution is -2.49. The minimum Gasteiger partial charge on any atom is -0.497 e. The maximum absolute atomic E-state index is 11.7. The van der Waals surface area contributed by atoms with E-state index >= 15 is 0 Å². The van der Waals surface area contributed by atoms with E-state index in [0.29, 0.717) is 11.7 Å². The van der Waals surface area contributed by atoms with Crippen molar-refractivity contribution in [1.29, 1.82) is 0 Å². The van der Waals surface area contributed by atoms with Crippen molar-refractivity contribution in [2.45, 2.75) is 84.2 Å². The van der Waals surface area contributed by atoms with Gasteiger partial charge in [-0.05, 0) is 68.1 Å². The minimum absolute atomic E-state index is 0.0982. The van der Waals surface area contributed by atoms with Crippen molar-refractivity contribution in [2.75, 3.05) is 13.7 Å². The van der Waals surface area contributed by atoms with Gasteiger partial charge in [0.1, 0.15) is 23.7 Å². The summed E-state index contributed by atoms with van der Waals surface area (Å²) < 4.78 is 18.0. The summed E-state index contributed by atoms with van der Waals surface area (Å²) in [6.45, 7) is 18.0. The van der Waals surface area contributed by atoms with Crippen LogP contribution in [0.1, 0.15) is 54.4 Å². The van der Waals surface area contributed by atoms with Gasteiger partial charge in [-0.3, -0.25) is 0 Å². The number of ether oxygens (including phenoxy) is 2. The van der Waals surface area contributed by atoms with E-state index in [1.54, 1.807) is 7.11 Å². The molecule has 1 aromatic carbocycles.